The van der Waals surface area contributed by atoms with Crippen molar-refractivity contribution in [3.05, 3.63) is 11.9 Å². The highest BCUT2D eigenvalue weighted by Gasteiger charge is 2.00. The number of nitrogen functional groups attached to an aromatic ring is 1. The fourth-order valence-electron chi connectivity index (χ4n) is 1.58. The molecule has 0 amide bonds. The Morgan fingerprint density at radius 3 is 2.64 bits per heavy atom. The van der Waals surface area contributed by atoms with Crippen LogP contribution >= 0.6 is 0 Å². The van der Waals surface area contributed by atoms with E-state index in [1.54, 1.807) is 0 Å². The molecule has 0 aromatic carbocycles. The van der Waals surface area contributed by atoms with Crippen molar-refractivity contribution in [2.75, 3.05) is 5.73 Å². The van der Waals surface area contributed by atoms with Crippen molar-refractivity contribution in [3.8, 4) is 0 Å². The first-order valence-electron chi connectivity index (χ1n) is 5.39. The van der Waals surface area contributed by atoms with Crippen molar-refractivity contribution in [2.45, 2.75) is 46.6 Å². The van der Waals surface area contributed by atoms with Crippen molar-refractivity contribution in [1.29, 1.82) is 0 Å². The quantitative estimate of drug-likeness (QED) is 0.734. The van der Waals surface area contributed by atoms with Gasteiger partial charge >= 0.3 is 0 Å². The Labute approximate surface area is 86.3 Å². The van der Waals surface area contributed by atoms with E-state index in [0.717, 1.165) is 18.2 Å². The van der Waals surface area contributed by atoms with E-state index in [9.17, 15) is 0 Å². The van der Waals surface area contributed by atoms with Crippen molar-refractivity contribution in [2.24, 2.45) is 5.92 Å². The maximum atomic E-state index is 5.74. The molecule has 1 rings (SSSR count). The fourth-order valence-corrected chi connectivity index (χ4v) is 1.58. The molecule has 3 heteroatoms. The first kappa shape index (κ1) is 11.1. The first-order valence-corrected chi connectivity index (χ1v) is 5.39. The molecule has 0 unspecified atom stereocenters. The second-order valence-electron chi connectivity index (χ2n) is 4.32. The molecule has 1 aromatic rings. The van der Waals surface area contributed by atoms with Crippen molar-refractivity contribution < 1.29 is 0 Å². The summed E-state index contributed by atoms with van der Waals surface area (Å²) in [6.07, 6.45) is 5.78. The molecule has 0 fully saturated rings. The van der Waals surface area contributed by atoms with Crippen LogP contribution in [-0.4, -0.2) is 9.55 Å². The lowest BCUT2D eigenvalue weighted by molar-refractivity contribution is 0.511. The predicted molar refractivity (Wildman–Crippen MR) is 60.1 cm³/mol. The molecule has 0 saturated carbocycles. The van der Waals surface area contributed by atoms with E-state index in [1.165, 1.54) is 19.3 Å². The van der Waals surface area contributed by atoms with Gasteiger partial charge in [0.05, 0.1) is 5.69 Å². The van der Waals surface area contributed by atoms with Gasteiger partial charge in [0, 0.05) is 12.7 Å². The maximum Gasteiger partial charge on any atom is 0.200 e. The molecular formula is C11H21N3. The number of aromatic nitrogens is 2. The van der Waals surface area contributed by atoms with Gasteiger partial charge in [-0.25, -0.2) is 4.98 Å². The molecule has 0 bridgehead atoms. The van der Waals surface area contributed by atoms with Gasteiger partial charge in [-0.15, -0.1) is 0 Å². The van der Waals surface area contributed by atoms with Gasteiger partial charge in [-0.1, -0.05) is 26.7 Å². The Hall–Kier alpha value is -0.990. The standard InChI is InChI=1S/C11H21N3/c1-9(2)6-4-5-7-14-8-10(3)13-11(14)12/h8-9H,4-7H2,1-3H3,(H2,12,13). The SMILES string of the molecule is Cc1cn(CCCCC(C)C)c(N)n1. The minimum absolute atomic E-state index is 0.645. The molecule has 0 atom stereocenters. The Balaban J connectivity index is 2.28. The van der Waals surface area contributed by atoms with Crippen molar-refractivity contribution in [3.63, 3.8) is 0 Å². The number of aryl methyl sites for hydroxylation is 2. The topological polar surface area (TPSA) is 43.8 Å². The third-order valence-corrected chi connectivity index (χ3v) is 2.36. The maximum absolute atomic E-state index is 5.74. The average Bonchev–Trinajstić information content (AvgIpc) is 2.39. The Morgan fingerprint density at radius 1 is 1.43 bits per heavy atom. The lowest BCUT2D eigenvalue weighted by Gasteiger charge is -2.05. The molecule has 0 spiro atoms. The fraction of sp³-hybridized carbons (Fsp3) is 0.727. The lowest BCUT2D eigenvalue weighted by atomic mass is 10.1. The number of nitrogens with zero attached hydrogens (tertiary/aromatic N) is 2. The highest BCUT2D eigenvalue weighted by atomic mass is 15.1. The summed E-state index contributed by atoms with van der Waals surface area (Å²) in [5, 5.41) is 0. The lowest BCUT2D eigenvalue weighted by Crippen LogP contribution is -2.02. The van der Waals surface area contributed by atoms with E-state index in [-0.39, 0.29) is 0 Å². The second-order valence-corrected chi connectivity index (χ2v) is 4.32. The number of imidazole rings is 1. The Kier molecular flexibility index (Phi) is 3.98. The highest BCUT2D eigenvalue weighted by Crippen LogP contribution is 2.10. The second kappa shape index (κ2) is 5.03. The summed E-state index contributed by atoms with van der Waals surface area (Å²) < 4.78 is 2.04. The van der Waals surface area contributed by atoms with Crippen LogP contribution in [0, 0.1) is 12.8 Å². The van der Waals surface area contributed by atoms with Crippen LogP contribution in [0.2, 0.25) is 0 Å². The van der Waals surface area contributed by atoms with Gasteiger partial charge in [-0.3, -0.25) is 0 Å². The van der Waals surface area contributed by atoms with Gasteiger partial charge in [-0.05, 0) is 19.3 Å². The van der Waals surface area contributed by atoms with E-state index < -0.39 is 0 Å². The molecule has 0 saturated heterocycles. The third kappa shape index (κ3) is 3.40. The summed E-state index contributed by atoms with van der Waals surface area (Å²) in [6.45, 7) is 7.49. The summed E-state index contributed by atoms with van der Waals surface area (Å²) in [6, 6.07) is 0. The van der Waals surface area contributed by atoms with Crippen molar-refractivity contribution >= 4 is 5.95 Å². The number of anilines is 1. The normalized spacial score (nSPS) is 11.1. The zero-order chi connectivity index (χ0) is 10.6. The minimum atomic E-state index is 0.645. The van der Waals surface area contributed by atoms with Crippen LogP contribution in [-0.2, 0) is 6.54 Å². The van der Waals surface area contributed by atoms with Crippen LogP contribution in [0.3, 0.4) is 0 Å². The third-order valence-electron chi connectivity index (χ3n) is 2.36. The van der Waals surface area contributed by atoms with Crippen LogP contribution < -0.4 is 5.73 Å². The number of rotatable bonds is 5. The van der Waals surface area contributed by atoms with Crippen molar-refractivity contribution in [1.82, 2.24) is 9.55 Å². The molecule has 80 valence electrons. The zero-order valence-electron chi connectivity index (χ0n) is 9.45. The van der Waals surface area contributed by atoms with Crippen LogP contribution in [0.25, 0.3) is 0 Å². The zero-order valence-corrected chi connectivity index (χ0v) is 9.45. The summed E-state index contributed by atoms with van der Waals surface area (Å²) in [5.74, 6) is 1.45. The number of nitrogens with two attached hydrogens (primary N) is 1. The Morgan fingerprint density at radius 2 is 2.14 bits per heavy atom. The number of unbranched alkanes of at least 4 members (excludes halogenated alkanes) is 1. The number of hydrogen-bond donors (Lipinski definition) is 1. The summed E-state index contributed by atoms with van der Waals surface area (Å²) in [4.78, 5) is 4.17. The number of hydrogen-bond acceptors (Lipinski definition) is 2. The van der Waals surface area contributed by atoms with Crippen LogP contribution in [0.5, 0.6) is 0 Å². The van der Waals surface area contributed by atoms with Gasteiger partial charge in [0.1, 0.15) is 0 Å². The summed E-state index contributed by atoms with van der Waals surface area (Å²) in [5.41, 5.74) is 6.74. The molecular weight excluding hydrogens is 174 g/mol. The summed E-state index contributed by atoms with van der Waals surface area (Å²) in [7, 11) is 0. The summed E-state index contributed by atoms with van der Waals surface area (Å²) >= 11 is 0. The monoisotopic (exact) mass is 195 g/mol. The molecule has 0 radical (unpaired) electrons. The molecule has 0 aliphatic rings. The minimum Gasteiger partial charge on any atom is -0.369 e. The smallest absolute Gasteiger partial charge is 0.200 e. The van der Waals surface area contributed by atoms with Gasteiger partial charge < -0.3 is 10.3 Å². The van der Waals surface area contributed by atoms with Gasteiger partial charge in [0.2, 0.25) is 0 Å². The predicted octanol–water partition coefficient (Wildman–Crippen LogP) is 2.60. The molecule has 3 nitrogen and oxygen atoms in total. The van der Waals surface area contributed by atoms with Crippen LogP contribution in [0.1, 0.15) is 38.8 Å². The molecule has 1 aromatic heterocycles. The van der Waals surface area contributed by atoms with Crippen LogP contribution in [0.15, 0.2) is 6.20 Å². The largest absolute Gasteiger partial charge is 0.369 e. The van der Waals surface area contributed by atoms with E-state index in [2.05, 4.69) is 18.8 Å². The average molecular weight is 195 g/mol. The molecule has 2 N–H and O–H groups in total. The van der Waals surface area contributed by atoms with E-state index in [4.69, 9.17) is 5.73 Å². The first-order chi connectivity index (χ1) is 6.59. The molecule has 0 aliphatic carbocycles. The van der Waals surface area contributed by atoms with E-state index in [0.29, 0.717) is 5.95 Å². The van der Waals surface area contributed by atoms with Crippen LogP contribution in [0.4, 0.5) is 5.95 Å². The molecule has 14 heavy (non-hydrogen) atoms. The molecule has 1 heterocycles. The Bertz CT molecular complexity index is 276. The van der Waals surface area contributed by atoms with E-state index >= 15 is 0 Å². The van der Waals surface area contributed by atoms with Gasteiger partial charge in [0.15, 0.2) is 5.95 Å². The molecule has 0 aliphatic heterocycles. The van der Waals surface area contributed by atoms with Gasteiger partial charge in [-0.2, -0.15) is 0 Å². The van der Waals surface area contributed by atoms with Gasteiger partial charge in [0.25, 0.3) is 0 Å². The highest BCUT2D eigenvalue weighted by molar-refractivity contribution is 5.20. The van der Waals surface area contributed by atoms with E-state index in [1.807, 2.05) is 17.7 Å².